The molecular weight excluding hydrogens is 166 g/mol. The largest absolute Gasteiger partial charge is 0.364 e. The Balaban J connectivity index is 2.84. The molecule has 1 heterocycles. The maximum Gasteiger partial charge on any atom is 0.267 e. The second-order valence-electron chi connectivity index (χ2n) is 2.64. The Hall–Kier alpha value is -1.84. The van der Waals surface area contributed by atoms with E-state index in [2.05, 4.69) is 5.10 Å². The number of nitrogens with two attached hydrogens (primary N) is 1. The molecule has 13 heavy (non-hydrogen) atoms. The lowest BCUT2D eigenvalue weighted by Gasteiger charge is -1.94. The minimum absolute atomic E-state index is 0.0874. The minimum atomic E-state index is -2.51. The molecule has 1 aromatic carbocycles. The third-order valence-corrected chi connectivity index (χ3v) is 1.81. The van der Waals surface area contributed by atoms with E-state index in [9.17, 15) is 4.79 Å². The Morgan fingerprint density at radius 2 is 2.38 bits per heavy atom. The molecule has 0 saturated heterocycles. The van der Waals surface area contributed by atoms with Gasteiger partial charge in [0.15, 0.2) is 0 Å². The Morgan fingerprint density at radius 1 is 1.62 bits per heavy atom. The van der Waals surface area contributed by atoms with Gasteiger partial charge in [-0.1, -0.05) is 18.2 Å². The minimum Gasteiger partial charge on any atom is -0.364 e. The van der Waals surface area contributed by atoms with Crippen molar-refractivity contribution < 1.29 is 8.91 Å². The number of carbonyl (C=O) groups excluding carboxylic acids is 1. The summed E-state index contributed by atoms with van der Waals surface area (Å²) in [6.45, 7) is -2.51. The van der Waals surface area contributed by atoms with Gasteiger partial charge in [-0.2, -0.15) is 5.10 Å². The molecule has 1 amide bonds. The van der Waals surface area contributed by atoms with E-state index in [1.165, 1.54) is 0 Å². The summed E-state index contributed by atoms with van der Waals surface area (Å²) < 4.78 is 22.5. The first-order valence-corrected chi connectivity index (χ1v) is 3.69. The molecule has 1 aromatic heterocycles. The van der Waals surface area contributed by atoms with Gasteiger partial charge in [0, 0.05) is 16.5 Å². The van der Waals surface area contributed by atoms with Gasteiger partial charge in [-0.15, -0.1) is 0 Å². The van der Waals surface area contributed by atoms with E-state index >= 15 is 0 Å². The molecule has 2 N–H and O–H groups in total. The maximum atomic E-state index is 11.3. The number of hydrogen-bond donors (Lipinski definition) is 1. The first-order chi connectivity index (χ1) is 7.41. The molecule has 0 bridgehead atoms. The molecule has 0 aliphatic carbocycles. The second-order valence-corrected chi connectivity index (χ2v) is 2.64. The van der Waals surface area contributed by atoms with Crippen LogP contribution in [0.3, 0.4) is 0 Å². The van der Waals surface area contributed by atoms with Crippen molar-refractivity contribution in [3.05, 3.63) is 30.0 Å². The summed E-state index contributed by atoms with van der Waals surface area (Å²) in [7, 11) is 0. The fourth-order valence-corrected chi connectivity index (χ4v) is 1.27. The van der Waals surface area contributed by atoms with E-state index in [4.69, 9.17) is 9.85 Å². The lowest BCUT2D eigenvalue weighted by atomic mass is 10.2. The van der Waals surface area contributed by atoms with Crippen molar-refractivity contribution in [3.8, 4) is 0 Å². The smallest absolute Gasteiger partial charge is 0.267 e. The third-order valence-electron chi connectivity index (χ3n) is 1.81. The highest BCUT2D eigenvalue weighted by molar-refractivity contribution is 6.04. The number of nitrogens with zero attached hydrogens (tertiary/aromatic N) is 2. The van der Waals surface area contributed by atoms with Crippen LogP contribution in [-0.2, 0) is 6.98 Å². The predicted octanol–water partition coefficient (Wildman–Crippen LogP) is 0.672. The summed E-state index contributed by atoms with van der Waals surface area (Å²) in [5.41, 5.74) is 5.52. The van der Waals surface area contributed by atoms with Crippen molar-refractivity contribution in [2.75, 3.05) is 0 Å². The molecule has 0 spiro atoms. The molecule has 0 fully saturated rings. The standard InChI is InChI=1S/C9H9N3O/c1-12-8(9(10)13)6-4-2-3-5-7(6)11-12/h2-5H,1H3,(H2,10,13)/i1D3. The molecular formula is C9H9N3O. The first kappa shape index (κ1) is 5.01. The zero-order valence-electron chi connectivity index (χ0n) is 9.69. The topological polar surface area (TPSA) is 60.9 Å². The Labute approximate surface area is 79.2 Å². The zero-order chi connectivity index (χ0) is 11.9. The van der Waals surface area contributed by atoms with Gasteiger partial charge in [0.2, 0.25) is 0 Å². The summed E-state index contributed by atoms with van der Waals surface area (Å²) >= 11 is 0. The number of fused-ring (bicyclic) bond motifs is 1. The molecule has 66 valence electrons. The number of aromatic nitrogens is 2. The maximum absolute atomic E-state index is 11.3. The third kappa shape index (κ3) is 1.07. The van der Waals surface area contributed by atoms with Gasteiger partial charge in [-0.25, -0.2) is 0 Å². The van der Waals surface area contributed by atoms with E-state index in [0.29, 0.717) is 15.6 Å². The highest BCUT2D eigenvalue weighted by Gasteiger charge is 2.12. The van der Waals surface area contributed by atoms with Crippen molar-refractivity contribution in [1.29, 1.82) is 0 Å². The van der Waals surface area contributed by atoms with Crippen LogP contribution in [0.2, 0.25) is 0 Å². The van der Waals surface area contributed by atoms with Crippen molar-refractivity contribution in [2.24, 2.45) is 12.7 Å². The molecule has 0 saturated carbocycles. The second kappa shape index (κ2) is 2.58. The number of carbonyl (C=O) groups is 1. The molecule has 0 radical (unpaired) electrons. The average Bonchev–Trinajstić information content (AvgIpc) is 2.55. The Bertz CT molecular complexity index is 559. The number of benzene rings is 1. The van der Waals surface area contributed by atoms with Crippen molar-refractivity contribution >= 4 is 16.8 Å². The van der Waals surface area contributed by atoms with Gasteiger partial charge in [0.1, 0.15) is 5.69 Å². The summed E-state index contributed by atoms with van der Waals surface area (Å²) in [6, 6.07) is 6.65. The highest BCUT2D eigenvalue weighted by atomic mass is 16.1. The Kier molecular flexibility index (Phi) is 0.997. The summed E-state index contributed by atoms with van der Waals surface area (Å²) in [5.74, 6) is -0.801. The van der Waals surface area contributed by atoms with Crippen molar-refractivity contribution in [2.45, 2.75) is 0 Å². The fraction of sp³-hybridized carbons (Fsp3) is 0.111. The lowest BCUT2D eigenvalue weighted by molar-refractivity contribution is 0.0993. The van der Waals surface area contributed by atoms with Crippen LogP contribution >= 0.6 is 0 Å². The molecule has 2 rings (SSSR count). The van der Waals surface area contributed by atoms with Gasteiger partial charge in [-0.3, -0.25) is 9.48 Å². The van der Waals surface area contributed by atoms with Crippen LogP contribution in [0.4, 0.5) is 0 Å². The molecule has 4 nitrogen and oxygen atoms in total. The van der Waals surface area contributed by atoms with Gasteiger partial charge in [0.25, 0.3) is 5.91 Å². The highest BCUT2D eigenvalue weighted by Crippen LogP contribution is 2.16. The summed E-state index contributed by atoms with van der Waals surface area (Å²) in [4.78, 5) is 11.3. The van der Waals surface area contributed by atoms with Gasteiger partial charge in [0.05, 0.1) is 5.52 Å². The van der Waals surface area contributed by atoms with Gasteiger partial charge < -0.3 is 5.73 Å². The van der Waals surface area contributed by atoms with E-state index in [0.717, 1.165) is 0 Å². The molecule has 0 atom stereocenters. The van der Waals surface area contributed by atoms with Crippen LogP contribution in [0.1, 0.15) is 14.6 Å². The predicted molar refractivity (Wildman–Crippen MR) is 49.2 cm³/mol. The molecule has 0 aliphatic rings. The molecule has 0 unspecified atom stereocenters. The van der Waals surface area contributed by atoms with E-state index in [-0.39, 0.29) is 5.69 Å². The number of aryl methyl sites for hydroxylation is 1. The molecule has 4 heteroatoms. The van der Waals surface area contributed by atoms with Gasteiger partial charge in [-0.05, 0) is 6.07 Å². The normalized spacial score (nSPS) is 14.9. The lowest BCUT2D eigenvalue weighted by Crippen LogP contribution is -2.15. The van der Waals surface area contributed by atoms with Crippen LogP contribution in [0.5, 0.6) is 0 Å². The summed E-state index contributed by atoms with van der Waals surface area (Å²) in [6.07, 6.45) is 0. The van der Waals surface area contributed by atoms with Crippen molar-refractivity contribution in [1.82, 2.24) is 9.78 Å². The van der Waals surface area contributed by atoms with Crippen LogP contribution < -0.4 is 5.73 Å². The van der Waals surface area contributed by atoms with Crippen LogP contribution in [-0.4, -0.2) is 15.7 Å². The number of primary amides is 1. The monoisotopic (exact) mass is 178 g/mol. The molecule has 0 aliphatic heterocycles. The van der Waals surface area contributed by atoms with Crippen molar-refractivity contribution in [3.63, 3.8) is 0 Å². The zero-order valence-corrected chi connectivity index (χ0v) is 6.69. The number of hydrogen-bond acceptors (Lipinski definition) is 2. The SMILES string of the molecule is [2H]C([2H])([2H])n1nc2ccccc2c1C(N)=O. The first-order valence-electron chi connectivity index (χ1n) is 5.19. The van der Waals surface area contributed by atoms with Gasteiger partial charge >= 0.3 is 0 Å². The van der Waals surface area contributed by atoms with E-state index in [1.54, 1.807) is 24.3 Å². The quantitative estimate of drug-likeness (QED) is 0.697. The fourth-order valence-electron chi connectivity index (χ4n) is 1.27. The molecule has 2 aromatic rings. The average molecular weight is 178 g/mol. The number of rotatable bonds is 1. The Morgan fingerprint density at radius 3 is 3.08 bits per heavy atom. The van der Waals surface area contributed by atoms with E-state index < -0.39 is 12.9 Å². The van der Waals surface area contributed by atoms with E-state index in [1.807, 2.05) is 0 Å². The van der Waals surface area contributed by atoms with Crippen LogP contribution in [0.15, 0.2) is 24.3 Å². The summed E-state index contributed by atoms with van der Waals surface area (Å²) in [5, 5.41) is 4.31. The number of amides is 1. The van der Waals surface area contributed by atoms with Crippen LogP contribution in [0.25, 0.3) is 10.9 Å². The van der Waals surface area contributed by atoms with Crippen LogP contribution in [0, 0.1) is 0 Å².